The Morgan fingerprint density at radius 3 is 2.28 bits per heavy atom. The Morgan fingerprint density at radius 2 is 1.72 bits per heavy atom. The highest BCUT2D eigenvalue weighted by molar-refractivity contribution is 5.66. The van der Waals surface area contributed by atoms with E-state index in [9.17, 15) is 13.6 Å². The van der Waals surface area contributed by atoms with Crippen LogP contribution in [0.25, 0.3) is 11.1 Å². The number of aromatic amines is 1. The number of nitrogens with zero attached hydrogens (tertiary/aromatic N) is 1. The van der Waals surface area contributed by atoms with Crippen LogP contribution < -0.4 is 5.56 Å². The molecule has 1 aromatic carbocycles. The molecule has 0 aliphatic heterocycles. The van der Waals surface area contributed by atoms with Gasteiger partial charge in [-0.25, -0.2) is 13.9 Å². The van der Waals surface area contributed by atoms with Gasteiger partial charge in [-0.15, -0.1) is 0 Å². The van der Waals surface area contributed by atoms with Crippen molar-refractivity contribution >= 4 is 0 Å². The van der Waals surface area contributed by atoms with E-state index in [1.54, 1.807) is 0 Å². The maximum Gasteiger partial charge on any atom is 0.264 e. The largest absolute Gasteiger partial charge is 0.268 e. The highest BCUT2D eigenvalue weighted by Gasteiger charge is 2.13. The van der Waals surface area contributed by atoms with Crippen LogP contribution in [0.3, 0.4) is 0 Å². The van der Waals surface area contributed by atoms with Gasteiger partial charge in [0.1, 0.15) is 11.6 Å². The molecule has 0 bridgehead atoms. The van der Waals surface area contributed by atoms with E-state index in [-0.39, 0.29) is 5.92 Å². The van der Waals surface area contributed by atoms with E-state index in [1.165, 1.54) is 18.2 Å². The Hall–Kier alpha value is -2.04. The van der Waals surface area contributed by atoms with E-state index in [0.717, 1.165) is 6.07 Å². The van der Waals surface area contributed by atoms with Crippen LogP contribution in [0.1, 0.15) is 25.5 Å². The van der Waals surface area contributed by atoms with E-state index in [4.69, 9.17) is 0 Å². The molecule has 0 aliphatic carbocycles. The van der Waals surface area contributed by atoms with Gasteiger partial charge in [0.05, 0.1) is 5.69 Å². The fraction of sp³-hybridized carbons (Fsp3) is 0.231. The summed E-state index contributed by atoms with van der Waals surface area (Å²) in [6.45, 7) is 3.78. The molecule has 18 heavy (non-hydrogen) atoms. The molecule has 0 atom stereocenters. The lowest BCUT2D eigenvalue weighted by Gasteiger charge is -2.10. The van der Waals surface area contributed by atoms with Gasteiger partial charge >= 0.3 is 0 Å². The monoisotopic (exact) mass is 250 g/mol. The third-order valence-corrected chi connectivity index (χ3v) is 2.56. The highest BCUT2D eigenvalue weighted by atomic mass is 19.1. The van der Waals surface area contributed by atoms with Crippen LogP contribution in [0.15, 0.2) is 29.1 Å². The zero-order valence-electron chi connectivity index (χ0n) is 10.00. The third-order valence-electron chi connectivity index (χ3n) is 2.56. The van der Waals surface area contributed by atoms with Crippen molar-refractivity contribution < 1.29 is 8.78 Å². The highest BCUT2D eigenvalue weighted by Crippen LogP contribution is 2.27. The van der Waals surface area contributed by atoms with E-state index in [0.29, 0.717) is 16.8 Å². The SMILES string of the molecule is CC(C)c1n[nH]c(=O)cc1-c1cc(F)cc(F)c1. The fourth-order valence-corrected chi connectivity index (χ4v) is 1.79. The molecule has 0 aliphatic rings. The predicted molar refractivity (Wildman–Crippen MR) is 64.3 cm³/mol. The van der Waals surface area contributed by atoms with Crippen molar-refractivity contribution in [3.8, 4) is 11.1 Å². The Bertz CT molecular complexity index is 615. The maximum absolute atomic E-state index is 13.2. The average molecular weight is 250 g/mol. The van der Waals surface area contributed by atoms with Gasteiger partial charge in [0.25, 0.3) is 5.56 Å². The summed E-state index contributed by atoms with van der Waals surface area (Å²) in [5, 5.41) is 6.26. The molecule has 1 aromatic heterocycles. The molecule has 0 unspecified atom stereocenters. The van der Waals surface area contributed by atoms with Crippen LogP contribution in [0, 0.1) is 11.6 Å². The number of halogens is 2. The predicted octanol–water partition coefficient (Wildman–Crippen LogP) is 2.84. The summed E-state index contributed by atoms with van der Waals surface area (Å²) in [4.78, 5) is 11.3. The Kier molecular flexibility index (Phi) is 3.23. The number of hydrogen-bond acceptors (Lipinski definition) is 2. The van der Waals surface area contributed by atoms with Crippen LogP contribution in [0.4, 0.5) is 8.78 Å². The number of benzene rings is 1. The van der Waals surface area contributed by atoms with Gasteiger partial charge in [0, 0.05) is 17.7 Å². The van der Waals surface area contributed by atoms with Crippen molar-refractivity contribution in [3.63, 3.8) is 0 Å². The molecular weight excluding hydrogens is 238 g/mol. The van der Waals surface area contributed by atoms with E-state index >= 15 is 0 Å². The number of rotatable bonds is 2. The molecule has 0 fully saturated rings. The summed E-state index contributed by atoms with van der Waals surface area (Å²) >= 11 is 0. The Balaban J connectivity index is 2.69. The minimum Gasteiger partial charge on any atom is -0.268 e. The molecule has 2 rings (SSSR count). The Morgan fingerprint density at radius 1 is 1.11 bits per heavy atom. The minimum absolute atomic E-state index is 0.0307. The van der Waals surface area contributed by atoms with Crippen molar-refractivity contribution in [2.24, 2.45) is 0 Å². The van der Waals surface area contributed by atoms with Gasteiger partial charge in [-0.05, 0) is 23.6 Å². The van der Waals surface area contributed by atoms with Gasteiger partial charge in [-0.2, -0.15) is 5.10 Å². The molecule has 1 heterocycles. The van der Waals surface area contributed by atoms with Crippen molar-refractivity contribution in [1.82, 2.24) is 10.2 Å². The first-order valence-corrected chi connectivity index (χ1v) is 5.53. The van der Waals surface area contributed by atoms with Crippen molar-refractivity contribution in [2.75, 3.05) is 0 Å². The number of hydrogen-bond donors (Lipinski definition) is 1. The molecular formula is C13H12F2N2O. The summed E-state index contributed by atoms with van der Waals surface area (Å²) in [5.41, 5.74) is 0.959. The summed E-state index contributed by atoms with van der Waals surface area (Å²) in [7, 11) is 0. The summed E-state index contributed by atoms with van der Waals surface area (Å²) < 4.78 is 26.4. The molecule has 0 saturated heterocycles. The quantitative estimate of drug-likeness (QED) is 0.890. The third kappa shape index (κ3) is 2.45. The second-order valence-corrected chi connectivity index (χ2v) is 4.34. The van der Waals surface area contributed by atoms with Crippen molar-refractivity contribution in [3.05, 3.63) is 51.9 Å². The lowest BCUT2D eigenvalue weighted by Crippen LogP contribution is -2.11. The van der Waals surface area contributed by atoms with Crippen molar-refractivity contribution in [2.45, 2.75) is 19.8 Å². The normalized spacial score (nSPS) is 10.9. The van der Waals surface area contributed by atoms with Crippen LogP contribution in [-0.2, 0) is 0 Å². The zero-order valence-corrected chi connectivity index (χ0v) is 10.00. The average Bonchev–Trinajstić information content (AvgIpc) is 2.27. The lowest BCUT2D eigenvalue weighted by molar-refractivity contribution is 0.584. The minimum atomic E-state index is -0.681. The standard InChI is InChI=1S/C13H12F2N2O/c1-7(2)13-11(6-12(18)16-17-13)8-3-9(14)5-10(15)4-8/h3-7H,1-2H3,(H,16,18). The first-order chi connectivity index (χ1) is 8.47. The van der Waals surface area contributed by atoms with Crippen LogP contribution in [-0.4, -0.2) is 10.2 Å². The molecule has 2 aromatic rings. The zero-order chi connectivity index (χ0) is 13.3. The summed E-state index contributed by atoms with van der Waals surface area (Å²) in [6, 6.07) is 4.46. The van der Waals surface area contributed by atoms with E-state index < -0.39 is 17.2 Å². The first kappa shape index (κ1) is 12.4. The smallest absolute Gasteiger partial charge is 0.264 e. The molecule has 0 saturated carbocycles. The second-order valence-electron chi connectivity index (χ2n) is 4.34. The summed E-state index contributed by atoms with van der Waals surface area (Å²) in [6.07, 6.45) is 0. The van der Waals surface area contributed by atoms with Gasteiger partial charge in [0.15, 0.2) is 0 Å². The van der Waals surface area contributed by atoms with Gasteiger partial charge in [0.2, 0.25) is 0 Å². The van der Waals surface area contributed by atoms with Crippen LogP contribution in [0.2, 0.25) is 0 Å². The first-order valence-electron chi connectivity index (χ1n) is 5.53. The molecule has 1 N–H and O–H groups in total. The molecule has 94 valence electrons. The number of aromatic nitrogens is 2. The van der Waals surface area contributed by atoms with E-state index in [1.807, 2.05) is 13.8 Å². The fourth-order valence-electron chi connectivity index (χ4n) is 1.79. The van der Waals surface area contributed by atoms with Gasteiger partial charge in [-0.1, -0.05) is 13.8 Å². The number of nitrogens with one attached hydrogen (secondary N) is 1. The molecule has 3 nitrogen and oxygen atoms in total. The van der Waals surface area contributed by atoms with Gasteiger partial charge < -0.3 is 0 Å². The maximum atomic E-state index is 13.2. The Labute approximate surface area is 102 Å². The molecule has 0 radical (unpaired) electrons. The second kappa shape index (κ2) is 4.68. The molecule has 5 heteroatoms. The molecule has 0 amide bonds. The topological polar surface area (TPSA) is 45.8 Å². The van der Waals surface area contributed by atoms with Crippen LogP contribution >= 0.6 is 0 Å². The summed E-state index contributed by atoms with van der Waals surface area (Å²) in [5.74, 6) is -1.33. The number of H-pyrrole nitrogens is 1. The lowest BCUT2D eigenvalue weighted by atomic mass is 9.98. The van der Waals surface area contributed by atoms with Crippen LogP contribution in [0.5, 0.6) is 0 Å². The molecule has 0 spiro atoms. The van der Waals surface area contributed by atoms with Crippen molar-refractivity contribution in [1.29, 1.82) is 0 Å². The van der Waals surface area contributed by atoms with E-state index in [2.05, 4.69) is 10.2 Å². The van der Waals surface area contributed by atoms with Gasteiger partial charge in [-0.3, -0.25) is 4.79 Å².